The van der Waals surface area contributed by atoms with Crippen molar-refractivity contribution in [1.29, 1.82) is 0 Å². The highest BCUT2D eigenvalue weighted by Crippen LogP contribution is 2.30. The van der Waals surface area contributed by atoms with Gasteiger partial charge in [0.1, 0.15) is 0 Å². The molecule has 68 valence electrons. The Kier molecular flexibility index (Phi) is 2.12. The summed E-state index contributed by atoms with van der Waals surface area (Å²) in [5.41, 5.74) is 2.44. The Hall–Kier alpha value is -0.470. The topological polar surface area (TPSA) is 4.93 Å². The van der Waals surface area contributed by atoms with Gasteiger partial charge in [0.05, 0.1) is 4.60 Å². The molecule has 0 spiro atoms. The number of nitrogens with zero attached hydrogens (tertiary/aromatic N) is 1. The third-order valence-corrected chi connectivity index (χ3v) is 3.69. The maximum absolute atomic E-state index is 5.93. The number of hydrogen-bond acceptors (Lipinski definition) is 0. The van der Waals surface area contributed by atoms with Crippen LogP contribution in [-0.4, -0.2) is 4.57 Å². The second-order valence-corrected chi connectivity index (χ2v) is 4.32. The van der Waals surface area contributed by atoms with Crippen molar-refractivity contribution >= 4 is 38.4 Å². The number of halogens is 2. The van der Waals surface area contributed by atoms with E-state index < -0.39 is 0 Å². The third-order valence-electron chi connectivity index (χ3n) is 2.33. The molecule has 0 atom stereocenters. The van der Waals surface area contributed by atoms with Gasteiger partial charge in [-0.2, -0.15) is 0 Å². The minimum absolute atomic E-state index is 0.786. The van der Waals surface area contributed by atoms with Crippen molar-refractivity contribution in [3.63, 3.8) is 0 Å². The lowest BCUT2D eigenvalue weighted by Gasteiger charge is -1.96. The van der Waals surface area contributed by atoms with Crippen LogP contribution in [0.5, 0.6) is 0 Å². The molecule has 1 heterocycles. The number of aromatic nitrogens is 1. The van der Waals surface area contributed by atoms with E-state index >= 15 is 0 Å². The zero-order valence-electron chi connectivity index (χ0n) is 7.44. The van der Waals surface area contributed by atoms with Crippen molar-refractivity contribution in [3.05, 3.63) is 33.4 Å². The molecule has 0 bridgehead atoms. The fraction of sp³-hybridized carbons (Fsp3) is 0.200. The highest BCUT2D eigenvalue weighted by molar-refractivity contribution is 9.10. The Morgan fingerprint density at radius 2 is 2.08 bits per heavy atom. The van der Waals surface area contributed by atoms with Crippen LogP contribution in [0.3, 0.4) is 0 Å². The molecule has 0 aliphatic rings. The van der Waals surface area contributed by atoms with Crippen LogP contribution in [0.1, 0.15) is 5.56 Å². The molecular weight excluding hydrogens is 249 g/mol. The van der Waals surface area contributed by atoms with Crippen LogP contribution >= 0.6 is 27.5 Å². The lowest BCUT2D eigenvalue weighted by atomic mass is 10.2. The van der Waals surface area contributed by atoms with Crippen molar-refractivity contribution in [2.45, 2.75) is 6.92 Å². The van der Waals surface area contributed by atoms with Gasteiger partial charge in [-0.15, -0.1) is 0 Å². The molecule has 1 aromatic carbocycles. The van der Waals surface area contributed by atoms with E-state index in [0.717, 1.165) is 9.63 Å². The Morgan fingerprint density at radius 3 is 2.77 bits per heavy atom. The fourth-order valence-corrected chi connectivity index (χ4v) is 2.15. The monoisotopic (exact) mass is 257 g/mol. The predicted molar refractivity (Wildman–Crippen MR) is 60.4 cm³/mol. The van der Waals surface area contributed by atoms with Gasteiger partial charge in [-0.1, -0.05) is 11.6 Å². The molecule has 0 radical (unpaired) electrons. The maximum Gasteiger partial charge on any atom is 0.0884 e. The van der Waals surface area contributed by atoms with Crippen LogP contribution in [0.25, 0.3) is 10.9 Å². The quantitative estimate of drug-likeness (QED) is 0.675. The second kappa shape index (κ2) is 3.03. The molecule has 13 heavy (non-hydrogen) atoms. The molecule has 1 nitrogen and oxygen atoms in total. The summed E-state index contributed by atoms with van der Waals surface area (Å²) < 4.78 is 3.23. The van der Waals surface area contributed by atoms with Crippen molar-refractivity contribution in [3.8, 4) is 0 Å². The second-order valence-electron chi connectivity index (χ2n) is 3.14. The SMILES string of the molecule is Cc1c(Br)n(C)c2ccc(Cl)cc12. The minimum atomic E-state index is 0.786. The molecule has 3 heteroatoms. The summed E-state index contributed by atoms with van der Waals surface area (Å²) in [6, 6.07) is 5.95. The Bertz CT molecular complexity index is 473. The normalized spacial score (nSPS) is 11.1. The van der Waals surface area contributed by atoms with E-state index in [2.05, 4.69) is 27.4 Å². The largest absolute Gasteiger partial charge is 0.338 e. The maximum atomic E-state index is 5.93. The molecule has 0 aliphatic carbocycles. The van der Waals surface area contributed by atoms with Gasteiger partial charge in [-0.3, -0.25) is 0 Å². The van der Waals surface area contributed by atoms with E-state index in [-0.39, 0.29) is 0 Å². The van der Waals surface area contributed by atoms with Gasteiger partial charge in [0.15, 0.2) is 0 Å². The molecule has 0 N–H and O–H groups in total. The first-order valence-corrected chi connectivity index (χ1v) is 5.18. The van der Waals surface area contributed by atoms with Crippen LogP contribution in [0.4, 0.5) is 0 Å². The van der Waals surface area contributed by atoms with Gasteiger partial charge < -0.3 is 4.57 Å². The zero-order valence-corrected chi connectivity index (χ0v) is 9.78. The molecule has 2 rings (SSSR count). The first kappa shape index (κ1) is 9.10. The number of fused-ring (bicyclic) bond motifs is 1. The fourth-order valence-electron chi connectivity index (χ4n) is 1.57. The summed E-state index contributed by atoms with van der Waals surface area (Å²) in [5, 5.41) is 2.00. The number of aryl methyl sites for hydroxylation is 2. The van der Waals surface area contributed by atoms with Crippen LogP contribution in [0.15, 0.2) is 22.8 Å². The molecule has 0 saturated carbocycles. The number of hydrogen-bond donors (Lipinski definition) is 0. The van der Waals surface area contributed by atoms with Crippen LogP contribution in [-0.2, 0) is 7.05 Å². The van der Waals surface area contributed by atoms with Crippen molar-refractivity contribution in [2.75, 3.05) is 0 Å². The van der Waals surface area contributed by atoms with Crippen molar-refractivity contribution in [1.82, 2.24) is 4.57 Å². The molecule has 0 saturated heterocycles. The van der Waals surface area contributed by atoms with Crippen LogP contribution < -0.4 is 0 Å². The highest BCUT2D eigenvalue weighted by Gasteiger charge is 2.08. The van der Waals surface area contributed by atoms with E-state index in [1.165, 1.54) is 16.5 Å². The minimum Gasteiger partial charge on any atom is -0.338 e. The van der Waals surface area contributed by atoms with E-state index in [1.54, 1.807) is 0 Å². The molecule has 0 amide bonds. The first-order chi connectivity index (χ1) is 6.11. The Labute approximate surface area is 90.4 Å². The molecular formula is C10H9BrClN. The van der Waals surface area contributed by atoms with Gasteiger partial charge in [0.25, 0.3) is 0 Å². The summed E-state index contributed by atoms with van der Waals surface area (Å²) in [4.78, 5) is 0. The van der Waals surface area contributed by atoms with Crippen LogP contribution in [0, 0.1) is 6.92 Å². The lowest BCUT2D eigenvalue weighted by molar-refractivity contribution is 0.934. The molecule has 1 aromatic heterocycles. The number of rotatable bonds is 0. The predicted octanol–water partition coefficient (Wildman–Crippen LogP) is 3.90. The van der Waals surface area contributed by atoms with Crippen molar-refractivity contribution in [2.24, 2.45) is 7.05 Å². The average Bonchev–Trinajstić information content (AvgIpc) is 2.32. The smallest absolute Gasteiger partial charge is 0.0884 e. The molecule has 0 aliphatic heterocycles. The Morgan fingerprint density at radius 1 is 1.38 bits per heavy atom. The summed E-state index contributed by atoms with van der Waals surface area (Å²) in [6.45, 7) is 2.09. The average molecular weight is 259 g/mol. The zero-order chi connectivity index (χ0) is 9.59. The van der Waals surface area contributed by atoms with E-state index in [4.69, 9.17) is 11.6 Å². The van der Waals surface area contributed by atoms with Gasteiger partial charge in [-0.05, 0) is 46.6 Å². The molecule has 0 fully saturated rings. The van der Waals surface area contributed by atoms with Crippen molar-refractivity contribution < 1.29 is 0 Å². The van der Waals surface area contributed by atoms with Crippen LogP contribution in [0.2, 0.25) is 5.02 Å². The third kappa shape index (κ3) is 1.29. The number of benzene rings is 1. The van der Waals surface area contributed by atoms with E-state index in [9.17, 15) is 0 Å². The van der Waals surface area contributed by atoms with Gasteiger partial charge in [-0.25, -0.2) is 0 Å². The van der Waals surface area contributed by atoms with E-state index in [0.29, 0.717) is 0 Å². The summed E-state index contributed by atoms with van der Waals surface area (Å²) in [7, 11) is 2.04. The van der Waals surface area contributed by atoms with Gasteiger partial charge >= 0.3 is 0 Å². The van der Waals surface area contributed by atoms with E-state index in [1.807, 2.05) is 25.2 Å². The summed E-state index contributed by atoms with van der Waals surface area (Å²) >= 11 is 9.46. The van der Waals surface area contributed by atoms with Gasteiger partial charge in [0, 0.05) is 23.0 Å². The van der Waals surface area contributed by atoms with Gasteiger partial charge in [0.2, 0.25) is 0 Å². The summed E-state index contributed by atoms with van der Waals surface area (Å²) in [5.74, 6) is 0. The standard InChI is InChI=1S/C10H9BrClN/c1-6-8-5-7(12)3-4-9(8)13(2)10(6)11/h3-5H,1-2H3. The Balaban J connectivity index is 2.95. The summed E-state index contributed by atoms with van der Waals surface area (Å²) in [6.07, 6.45) is 0. The lowest BCUT2D eigenvalue weighted by Crippen LogP contribution is -1.85. The molecule has 2 aromatic rings. The first-order valence-electron chi connectivity index (χ1n) is 4.01. The highest BCUT2D eigenvalue weighted by atomic mass is 79.9. The molecule has 0 unspecified atom stereocenters.